The van der Waals surface area contributed by atoms with E-state index in [1.165, 1.54) is 10.7 Å². The zero-order chi connectivity index (χ0) is 16.2. The largest absolute Gasteiger partial charge is 0.460 e. The molecule has 4 nitrogen and oxygen atoms in total. The Morgan fingerprint density at radius 2 is 2.18 bits per heavy atom. The number of ether oxygens (including phenoxy) is 1. The number of alkyl halides is 1. The lowest BCUT2D eigenvalue weighted by Gasteiger charge is -2.34. The molecule has 2 heterocycles. The molecule has 1 aromatic heterocycles. The highest BCUT2D eigenvalue weighted by Crippen LogP contribution is 2.31. The predicted octanol–water partition coefficient (Wildman–Crippen LogP) is 4.70. The van der Waals surface area contributed by atoms with Crippen molar-refractivity contribution in [3.05, 3.63) is 16.1 Å². The molecule has 0 spiro atoms. The van der Waals surface area contributed by atoms with Gasteiger partial charge >= 0.3 is 0 Å². The molecule has 0 saturated carbocycles. The SMILES string of the molecule is CC(C)(C)OC(=N)N1CCC(c2nc(CSCI)cs2)CC1. The van der Waals surface area contributed by atoms with Crippen molar-refractivity contribution < 1.29 is 4.74 Å². The van der Waals surface area contributed by atoms with Crippen LogP contribution in [0.2, 0.25) is 0 Å². The van der Waals surface area contributed by atoms with Crippen LogP contribution < -0.4 is 0 Å². The number of halogens is 1. The van der Waals surface area contributed by atoms with E-state index < -0.39 is 0 Å². The van der Waals surface area contributed by atoms with Gasteiger partial charge in [-0.05, 0) is 33.6 Å². The third-order valence-electron chi connectivity index (χ3n) is 3.43. The van der Waals surface area contributed by atoms with Gasteiger partial charge in [0.1, 0.15) is 5.60 Å². The van der Waals surface area contributed by atoms with Gasteiger partial charge < -0.3 is 9.64 Å². The molecule has 124 valence electrons. The van der Waals surface area contributed by atoms with Crippen LogP contribution in [0.15, 0.2) is 5.38 Å². The van der Waals surface area contributed by atoms with Gasteiger partial charge in [-0.2, -0.15) is 0 Å². The van der Waals surface area contributed by atoms with Crippen LogP contribution in [0, 0.1) is 5.41 Å². The summed E-state index contributed by atoms with van der Waals surface area (Å²) in [5.74, 6) is 1.56. The van der Waals surface area contributed by atoms with Gasteiger partial charge in [0.2, 0.25) is 0 Å². The van der Waals surface area contributed by atoms with Crippen molar-refractivity contribution in [2.75, 3.05) is 16.8 Å². The average Bonchev–Trinajstić information content (AvgIpc) is 2.92. The monoisotopic (exact) mass is 453 g/mol. The number of likely N-dealkylation sites (tertiary alicyclic amines) is 1. The van der Waals surface area contributed by atoms with E-state index in [0.29, 0.717) is 11.9 Å². The summed E-state index contributed by atoms with van der Waals surface area (Å²) in [5.41, 5.74) is 0.918. The van der Waals surface area contributed by atoms with Gasteiger partial charge in [0.15, 0.2) is 0 Å². The van der Waals surface area contributed by atoms with Crippen LogP contribution in [0.3, 0.4) is 0 Å². The summed E-state index contributed by atoms with van der Waals surface area (Å²) in [4.78, 5) is 6.84. The smallest absolute Gasteiger partial charge is 0.284 e. The number of thiazole rings is 1. The van der Waals surface area contributed by atoms with Gasteiger partial charge in [-0.3, -0.25) is 5.41 Å². The van der Waals surface area contributed by atoms with Gasteiger partial charge in [0, 0.05) is 33.9 Å². The number of thioether (sulfide) groups is 1. The van der Waals surface area contributed by atoms with Crippen molar-refractivity contribution >= 4 is 51.7 Å². The lowest BCUT2D eigenvalue weighted by atomic mass is 9.98. The first-order valence-corrected chi connectivity index (χ1v) is 11.1. The lowest BCUT2D eigenvalue weighted by molar-refractivity contribution is 0.0795. The number of nitrogens with one attached hydrogen (secondary N) is 1. The van der Waals surface area contributed by atoms with Gasteiger partial charge in [-0.15, -0.1) is 23.1 Å². The highest BCUT2D eigenvalue weighted by molar-refractivity contribution is 14.1. The van der Waals surface area contributed by atoms with E-state index in [9.17, 15) is 0 Å². The maximum atomic E-state index is 8.08. The van der Waals surface area contributed by atoms with Crippen LogP contribution >= 0.6 is 45.7 Å². The quantitative estimate of drug-likeness (QED) is 0.311. The maximum absolute atomic E-state index is 8.08. The minimum atomic E-state index is -0.297. The molecule has 0 bridgehead atoms. The number of aromatic nitrogens is 1. The van der Waals surface area contributed by atoms with Crippen LogP contribution in [0.1, 0.15) is 50.2 Å². The van der Waals surface area contributed by atoms with Crippen LogP contribution in [-0.2, 0) is 10.5 Å². The van der Waals surface area contributed by atoms with E-state index in [2.05, 4.69) is 28.0 Å². The van der Waals surface area contributed by atoms with E-state index in [1.54, 1.807) is 11.3 Å². The molecule has 1 aliphatic rings. The van der Waals surface area contributed by atoms with Crippen LogP contribution in [0.25, 0.3) is 0 Å². The first-order chi connectivity index (χ1) is 10.4. The Morgan fingerprint density at radius 1 is 1.50 bits per heavy atom. The van der Waals surface area contributed by atoms with Crippen molar-refractivity contribution in [2.45, 2.75) is 50.9 Å². The molecular weight excluding hydrogens is 429 g/mol. The summed E-state index contributed by atoms with van der Waals surface area (Å²) in [6.45, 7) is 7.73. The summed E-state index contributed by atoms with van der Waals surface area (Å²) in [6.07, 6.45) is 2.12. The molecule has 22 heavy (non-hydrogen) atoms. The summed E-state index contributed by atoms with van der Waals surface area (Å²) in [6, 6.07) is 0.309. The molecule has 1 aromatic rings. The Balaban J connectivity index is 1.84. The Kier molecular flexibility index (Phi) is 6.82. The number of nitrogens with zero attached hydrogens (tertiary/aromatic N) is 2. The second-order valence-electron chi connectivity index (χ2n) is 6.42. The molecule has 1 N–H and O–H groups in total. The molecule has 0 radical (unpaired) electrons. The van der Waals surface area contributed by atoms with E-state index in [0.717, 1.165) is 35.4 Å². The molecule has 1 saturated heterocycles. The summed E-state index contributed by atoms with van der Waals surface area (Å²) >= 11 is 6.09. The summed E-state index contributed by atoms with van der Waals surface area (Å²) in [7, 11) is 0. The number of hydrogen-bond donors (Lipinski definition) is 1. The van der Waals surface area contributed by atoms with Crippen molar-refractivity contribution in [2.24, 2.45) is 0 Å². The second kappa shape index (κ2) is 8.19. The predicted molar refractivity (Wildman–Crippen MR) is 104 cm³/mol. The standard InChI is InChI=1S/C15H24IN3OS2/c1-15(2,3)20-14(17)19-6-4-11(5-7-19)13-18-12(9-22-13)8-21-10-16/h9,11,17H,4-8,10H2,1-3H3. The molecule has 7 heteroatoms. The fourth-order valence-electron chi connectivity index (χ4n) is 2.40. The molecule has 0 unspecified atom stereocenters. The van der Waals surface area contributed by atoms with Crippen molar-refractivity contribution in [1.29, 1.82) is 5.41 Å². The second-order valence-corrected chi connectivity index (χ2v) is 10.1. The Hall–Kier alpha value is -0.0200. The third kappa shape index (κ3) is 5.56. The third-order valence-corrected chi connectivity index (χ3v) is 6.46. The summed E-state index contributed by atoms with van der Waals surface area (Å²) < 4.78 is 6.77. The van der Waals surface area contributed by atoms with Gasteiger partial charge in [0.05, 0.1) is 10.7 Å². The van der Waals surface area contributed by atoms with Gasteiger partial charge in [-0.25, -0.2) is 4.98 Å². The molecule has 0 atom stereocenters. The number of amidine groups is 1. The summed E-state index contributed by atoms with van der Waals surface area (Å²) in [5, 5.41) is 11.5. The first kappa shape index (κ1) is 18.3. The highest BCUT2D eigenvalue weighted by atomic mass is 127. The molecule has 1 aliphatic heterocycles. The zero-order valence-electron chi connectivity index (χ0n) is 13.4. The van der Waals surface area contributed by atoms with E-state index in [4.69, 9.17) is 15.1 Å². The topological polar surface area (TPSA) is 49.2 Å². The van der Waals surface area contributed by atoms with Crippen LogP contribution in [0.4, 0.5) is 0 Å². The van der Waals surface area contributed by atoms with Crippen molar-refractivity contribution in [3.8, 4) is 0 Å². The molecule has 1 fully saturated rings. The fourth-order valence-corrected chi connectivity index (χ4v) is 4.59. The minimum Gasteiger partial charge on any atom is -0.460 e. The number of rotatable bonds is 4. The highest BCUT2D eigenvalue weighted by Gasteiger charge is 2.26. The number of hydrogen-bond acceptors (Lipinski definition) is 5. The number of piperidine rings is 1. The molecule has 0 aliphatic carbocycles. The Morgan fingerprint density at radius 3 is 2.77 bits per heavy atom. The Labute approximate surface area is 155 Å². The van der Waals surface area contributed by atoms with Gasteiger partial charge in [0.25, 0.3) is 6.02 Å². The average molecular weight is 453 g/mol. The Bertz CT molecular complexity index is 493. The van der Waals surface area contributed by atoms with Crippen molar-refractivity contribution in [3.63, 3.8) is 0 Å². The molecule has 0 amide bonds. The lowest BCUT2D eigenvalue weighted by Crippen LogP contribution is -2.41. The molecule has 0 aromatic carbocycles. The van der Waals surface area contributed by atoms with Crippen LogP contribution in [0.5, 0.6) is 0 Å². The maximum Gasteiger partial charge on any atom is 0.284 e. The van der Waals surface area contributed by atoms with E-state index in [-0.39, 0.29) is 5.60 Å². The molecular formula is C15H24IN3OS2. The fraction of sp³-hybridized carbons (Fsp3) is 0.733. The van der Waals surface area contributed by atoms with Crippen LogP contribution in [-0.4, -0.2) is 38.4 Å². The zero-order valence-corrected chi connectivity index (χ0v) is 17.2. The van der Waals surface area contributed by atoms with E-state index >= 15 is 0 Å². The van der Waals surface area contributed by atoms with Crippen molar-refractivity contribution in [1.82, 2.24) is 9.88 Å². The van der Waals surface area contributed by atoms with E-state index in [1.807, 2.05) is 37.4 Å². The van der Waals surface area contributed by atoms with Gasteiger partial charge in [-0.1, -0.05) is 22.6 Å². The normalized spacial score (nSPS) is 16.8. The first-order valence-electron chi connectivity index (χ1n) is 7.49. The molecule has 2 rings (SSSR count). The minimum absolute atomic E-state index is 0.297.